The van der Waals surface area contributed by atoms with Crippen LogP contribution in [0.2, 0.25) is 0 Å². The first-order chi connectivity index (χ1) is 15.3. The molecule has 1 aliphatic heterocycles. The number of aryl methyl sites for hydroxylation is 1. The van der Waals surface area contributed by atoms with Gasteiger partial charge in [-0.2, -0.15) is 0 Å². The maximum Gasteiger partial charge on any atom is 0.336 e. The van der Waals surface area contributed by atoms with Crippen LogP contribution in [0.4, 0.5) is 5.69 Å². The van der Waals surface area contributed by atoms with Crippen LogP contribution in [0.15, 0.2) is 65.9 Å². The number of anilines is 1. The second kappa shape index (κ2) is 7.41. The average molecular weight is 428 g/mol. The van der Waals surface area contributed by atoms with E-state index in [1.807, 2.05) is 25.7 Å². The van der Waals surface area contributed by atoms with E-state index in [2.05, 4.69) is 47.4 Å². The minimum atomic E-state index is -0.778. The molecule has 1 aliphatic carbocycles. The van der Waals surface area contributed by atoms with Crippen molar-refractivity contribution in [1.29, 1.82) is 0 Å². The van der Waals surface area contributed by atoms with Crippen molar-refractivity contribution in [2.75, 3.05) is 19.0 Å². The molecule has 162 valence electrons. The smallest absolute Gasteiger partial charge is 0.336 e. The molecule has 6 nitrogen and oxygen atoms in total. The fourth-order valence-corrected chi connectivity index (χ4v) is 4.36. The zero-order chi connectivity index (χ0) is 22.6. The summed E-state index contributed by atoms with van der Waals surface area (Å²) < 4.78 is 12.6. The van der Waals surface area contributed by atoms with Gasteiger partial charge in [0.15, 0.2) is 0 Å². The highest BCUT2D eigenvalue weighted by Gasteiger charge is 2.32. The summed E-state index contributed by atoms with van der Waals surface area (Å²) in [6, 6.07) is 14.7. The molecule has 1 atom stereocenters. The maximum absolute atomic E-state index is 13.1. The van der Waals surface area contributed by atoms with Gasteiger partial charge in [0, 0.05) is 61.4 Å². The van der Waals surface area contributed by atoms with Crippen LogP contribution in [0.3, 0.4) is 0 Å². The third-order valence-corrected chi connectivity index (χ3v) is 6.17. The van der Waals surface area contributed by atoms with E-state index in [0.29, 0.717) is 23.3 Å². The second-order valence-corrected chi connectivity index (χ2v) is 8.47. The van der Waals surface area contributed by atoms with E-state index in [1.54, 1.807) is 13.0 Å². The van der Waals surface area contributed by atoms with E-state index < -0.39 is 12.3 Å². The number of carbonyl (C=O) groups is 2. The van der Waals surface area contributed by atoms with Crippen molar-refractivity contribution in [3.8, 4) is 11.1 Å². The lowest BCUT2D eigenvalue weighted by atomic mass is 10.0. The fourth-order valence-electron chi connectivity index (χ4n) is 4.36. The number of Topliss-reactive ketones (excluding diaryl/α,β-unsaturated/α-hetero) is 1. The Hall–Kier alpha value is -3.80. The lowest BCUT2D eigenvalue weighted by molar-refractivity contribution is -0.152. The van der Waals surface area contributed by atoms with E-state index in [0.717, 1.165) is 33.3 Å². The fraction of sp³-hybridized carbons (Fsp3) is 0.231. The van der Waals surface area contributed by atoms with Crippen LogP contribution in [0.5, 0.6) is 0 Å². The average Bonchev–Trinajstić information content (AvgIpc) is 3.38. The molecule has 0 fully saturated rings. The summed E-state index contributed by atoms with van der Waals surface area (Å²) in [6.07, 6.45) is 2.75. The normalized spacial score (nSPS) is 18.8. The minimum absolute atomic E-state index is 0.0550. The van der Waals surface area contributed by atoms with Crippen LogP contribution in [0.25, 0.3) is 22.0 Å². The molecule has 3 aromatic rings. The number of hydrogen-bond donors (Lipinski definition) is 0. The van der Waals surface area contributed by atoms with E-state index in [4.69, 9.17) is 9.47 Å². The third-order valence-electron chi connectivity index (χ3n) is 6.17. The molecule has 32 heavy (non-hydrogen) atoms. The Balaban J connectivity index is 1.47. The van der Waals surface area contributed by atoms with Gasteiger partial charge in [-0.05, 0) is 47.9 Å². The Kier molecular flexibility index (Phi) is 4.66. The summed E-state index contributed by atoms with van der Waals surface area (Å²) in [5, 5.41) is 1.07. The number of aromatic nitrogens is 1. The predicted octanol–water partition coefficient (Wildman–Crippen LogP) is 4.38. The molecule has 0 saturated heterocycles. The van der Waals surface area contributed by atoms with E-state index in [9.17, 15) is 9.59 Å². The summed E-state index contributed by atoms with van der Waals surface area (Å²) in [5.41, 5.74) is 7.16. The molecule has 1 aromatic heterocycles. The van der Waals surface area contributed by atoms with E-state index in [-0.39, 0.29) is 5.78 Å². The summed E-state index contributed by atoms with van der Waals surface area (Å²) >= 11 is 0. The molecule has 0 N–H and O–H groups in total. The number of ketones is 1. The molecule has 0 radical (unpaired) electrons. The Morgan fingerprint density at radius 2 is 1.81 bits per heavy atom. The van der Waals surface area contributed by atoms with Gasteiger partial charge in [0.25, 0.3) is 6.29 Å². The molecule has 2 aliphatic rings. The molecular formula is C26H24N2O4. The number of allylic oxidation sites excluding steroid dienone is 1. The van der Waals surface area contributed by atoms with Crippen molar-refractivity contribution >= 4 is 28.3 Å². The molecule has 6 heteroatoms. The first-order valence-corrected chi connectivity index (χ1v) is 10.5. The largest absolute Gasteiger partial charge is 0.458 e. The lowest BCUT2D eigenvalue weighted by Gasteiger charge is -2.13. The molecule has 0 unspecified atom stereocenters. The molecule has 2 aromatic carbocycles. The number of ether oxygens (including phenoxy) is 2. The quantitative estimate of drug-likeness (QED) is 0.351. The van der Waals surface area contributed by atoms with Gasteiger partial charge < -0.3 is 18.9 Å². The van der Waals surface area contributed by atoms with Crippen molar-refractivity contribution in [3.05, 3.63) is 77.2 Å². The number of carbonyl (C=O) groups excluding carboxylic acids is 2. The SMILES string of the molecule is CC1=C[C@@H](O/C=C2\Cc3c(n(C)c4ccc(-c5ccc(N(C)C)cc5)cc34)C2=O)OC1=O. The topological polar surface area (TPSA) is 60.8 Å². The highest BCUT2D eigenvalue weighted by atomic mass is 16.7. The number of hydrogen-bond acceptors (Lipinski definition) is 5. The van der Waals surface area contributed by atoms with Crippen molar-refractivity contribution in [3.63, 3.8) is 0 Å². The van der Waals surface area contributed by atoms with Crippen LogP contribution < -0.4 is 4.90 Å². The molecular weight excluding hydrogens is 404 g/mol. The molecule has 5 rings (SSSR count). The molecule has 2 heterocycles. The van der Waals surface area contributed by atoms with E-state index >= 15 is 0 Å². The van der Waals surface area contributed by atoms with Gasteiger partial charge in [0.05, 0.1) is 12.0 Å². The van der Waals surface area contributed by atoms with Gasteiger partial charge in [-0.15, -0.1) is 0 Å². The van der Waals surface area contributed by atoms with Crippen molar-refractivity contribution in [2.45, 2.75) is 19.6 Å². The van der Waals surface area contributed by atoms with Crippen LogP contribution in [-0.2, 0) is 27.7 Å². The number of cyclic esters (lactones) is 1. The molecule has 0 spiro atoms. The number of nitrogens with zero attached hydrogens (tertiary/aromatic N) is 2. The molecule has 0 bridgehead atoms. The van der Waals surface area contributed by atoms with Crippen LogP contribution in [-0.4, -0.2) is 36.7 Å². The first kappa shape index (κ1) is 20.1. The molecule has 0 saturated carbocycles. The Labute approximate surface area is 186 Å². The van der Waals surface area contributed by atoms with Gasteiger partial charge in [-0.25, -0.2) is 4.79 Å². The highest BCUT2D eigenvalue weighted by molar-refractivity contribution is 6.16. The van der Waals surface area contributed by atoms with Gasteiger partial charge in [-0.1, -0.05) is 18.2 Å². The summed E-state index contributed by atoms with van der Waals surface area (Å²) in [7, 11) is 5.96. The zero-order valence-electron chi connectivity index (χ0n) is 18.5. The van der Waals surface area contributed by atoms with Gasteiger partial charge in [-0.3, -0.25) is 4.79 Å². The summed E-state index contributed by atoms with van der Waals surface area (Å²) in [4.78, 5) is 26.7. The Bertz CT molecular complexity index is 1330. The zero-order valence-corrected chi connectivity index (χ0v) is 18.5. The minimum Gasteiger partial charge on any atom is -0.458 e. The highest BCUT2D eigenvalue weighted by Crippen LogP contribution is 2.37. The van der Waals surface area contributed by atoms with Crippen molar-refractivity contribution < 1.29 is 19.1 Å². The third kappa shape index (κ3) is 3.19. The summed E-state index contributed by atoms with van der Waals surface area (Å²) in [5.74, 6) is -0.452. The summed E-state index contributed by atoms with van der Waals surface area (Å²) in [6.45, 7) is 1.67. The monoisotopic (exact) mass is 428 g/mol. The number of benzene rings is 2. The van der Waals surface area contributed by atoms with Crippen LogP contribution in [0.1, 0.15) is 23.0 Å². The predicted molar refractivity (Wildman–Crippen MR) is 124 cm³/mol. The Morgan fingerprint density at radius 1 is 1.09 bits per heavy atom. The molecule has 0 amide bonds. The number of fused-ring (bicyclic) bond motifs is 3. The second-order valence-electron chi connectivity index (χ2n) is 8.47. The van der Waals surface area contributed by atoms with Crippen LogP contribution >= 0.6 is 0 Å². The van der Waals surface area contributed by atoms with E-state index in [1.165, 1.54) is 6.26 Å². The van der Waals surface area contributed by atoms with Gasteiger partial charge in [0.1, 0.15) is 0 Å². The number of rotatable bonds is 4. The van der Waals surface area contributed by atoms with Crippen molar-refractivity contribution in [1.82, 2.24) is 4.57 Å². The number of esters is 1. The maximum atomic E-state index is 13.1. The standard InChI is InChI=1S/C26H24N2O4/c1-15-11-23(32-26(15)30)31-14-18-13-21-20-12-17(16-5-8-19(9-6-16)27(2)3)7-10-22(20)28(4)24(21)25(18)29/h5-12,14,23H,13H2,1-4H3/b18-14+/t23-/m0/s1. The van der Waals surface area contributed by atoms with Crippen LogP contribution in [0, 0.1) is 0 Å². The van der Waals surface area contributed by atoms with Crippen molar-refractivity contribution in [2.24, 2.45) is 7.05 Å². The van der Waals surface area contributed by atoms with Gasteiger partial charge >= 0.3 is 5.97 Å². The van der Waals surface area contributed by atoms with Gasteiger partial charge in [0.2, 0.25) is 5.78 Å². The Morgan fingerprint density at radius 3 is 2.47 bits per heavy atom. The lowest BCUT2D eigenvalue weighted by Crippen LogP contribution is -2.11. The first-order valence-electron chi connectivity index (χ1n) is 10.5.